The Morgan fingerprint density at radius 1 is 1.11 bits per heavy atom. The maximum absolute atomic E-state index is 15.8. The summed E-state index contributed by atoms with van der Waals surface area (Å²) in [6.07, 6.45) is 1.89. The van der Waals surface area contributed by atoms with Crippen molar-refractivity contribution in [1.29, 1.82) is 0 Å². The molecule has 35 heavy (non-hydrogen) atoms. The molecule has 0 radical (unpaired) electrons. The Balaban J connectivity index is 1.52. The molecule has 2 aliphatic heterocycles. The number of morpholine rings is 1. The molecule has 3 heterocycles. The van der Waals surface area contributed by atoms with Gasteiger partial charge in [0.05, 0.1) is 18.7 Å². The largest absolute Gasteiger partial charge is 0.494 e. The summed E-state index contributed by atoms with van der Waals surface area (Å²) < 4.78 is 36.8. The number of nitrogen functional groups attached to an aromatic ring is 1. The van der Waals surface area contributed by atoms with Crippen molar-refractivity contribution in [3.8, 4) is 22.3 Å². The molecule has 1 aromatic heterocycles. The van der Waals surface area contributed by atoms with Gasteiger partial charge in [0.25, 0.3) is 5.91 Å². The van der Waals surface area contributed by atoms with Crippen LogP contribution in [0.15, 0.2) is 53.9 Å². The molecule has 0 unspecified atom stereocenters. The molecule has 0 atom stereocenters. The van der Waals surface area contributed by atoms with E-state index in [1.165, 1.54) is 12.3 Å². The highest BCUT2D eigenvalue weighted by Crippen LogP contribution is 2.37. The zero-order valence-corrected chi connectivity index (χ0v) is 19.6. The maximum Gasteiger partial charge on any atom is 0.251 e. The van der Waals surface area contributed by atoms with Crippen LogP contribution in [-0.4, -0.2) is 37.1 Å². The third kappa shape index (κ3) is 4.20. The number of pyridine rings is 1. The molecule has 1 amide bonds. The second-order valence-electron chi connectivity index (χ2n) is 8.98. The van der Waals surface area contributed by atoms with E-state index in [0.717, 1.165) is 16.9 Å². The molecule has 0 spiro atoms. The van der Waals surface area contributed by atoms with Crippen molar-refractivity contribution in [2.75, 3.05) is 36.9 Å². The van der Waals surface area contributed by atoms with Crippen LogP contribution in [0, 0.1) is 11.6 Å². The van der Waals surface area contributed by atoms with E-state index in [1.54, 1.807) is 30.3 Å². The van der Waals surface area contributed by atoms with Crippen LogP contribution in [0.5, 0.6) is 0 Å². The van der Waals surface area contributed by atoms with E-state index >= 15 is 8.78 Å². The minimum atomic E-state index is -0.650. The highest BCUT2D eigenvalue weighted by molar-refractivity contribution is 5.97. The number of rotatable bonds is 3. The lowest BCUT2D eigenvalue weighted by molar-refractivity contribution is 0.0946. The number of hydrogen-bond acceptors (Lipinski definition) is 5. The number of hydrogen-bond donors (Lipinski definition) is 2. The highest BCUT2D eigenvalue weighted by atomic mass is 19.1. The van der Waals surface area contributed by atoms with Crippen molar-refractivity contribution in [1.82, 2.24) is 10.3 Å². The van der Waals surface area contributed by atoms with Crippen LogP contribution in [-0.2, 0) is 11.2 Å². The number of halogens is 2. The SMILES string of the molecule is CC(C)=C1CN(c2ccc(-c3cnc(N)c(-c4ccc5c(c4)CCNC5=O)c3F)c(F)c2)CCO1. The summed E-state index contributed by atoms with van der Waals surface area (Å²) >= 11 is 0. The minimum absolute atomic E-state index is 0.00561. The summed E-state index contributed by atoms with van der Waals surface area (Å²) in [5.41, 5.74) is 9.94. The number of nitrogens with two attached hydrogens (primary N) is 1. The molecule has 6 nitrogen and oxygen atoms in total. The van der Waals surface area contributed by atoms with Gasteiger partial charge in [0.2, 0.25) is 0 Å². The van der Waals surface area contributed by atoms with Gasteiger partial charge in [0.1, 0.15) is 29.8 Å². The lowest BCUT2D eigenvalue weighted by Crippen LogP contribution is -2.35. The Bertz CT molecular complexity index is 1370. The summed E-state index contributed by atoms with van der Waals surface area (Å²) in [5, 5.41) is 2.79. The number of nitrogens with zero attached hydrogens (tertiary/aromatic N) is 2. The zero-order valence-electron chi connectivity index (χ0n) is 19.6. The fourth-order valence-corrected chi connectivity index (χ4v) is 4.57. The molecule has 1 saturated heterocycles. The Kier molecular flexibility index (Phi) is 5.88. The molecule has 2 aromatic carbocycles. The van der Waals surface area contributed by atoms with Crippen molar-refractivity contribution >= 4 is 17.4 Å². The Morgan fingerprint density at radius 2 is 1.91 bits per heavy atom. The molecule has 3 N–H and O–H groups in total. The summed E-state index contributed by atoms with van der Waals surface area (Å²) in [7, 11) is 0. The number of nitrogens with one attached hydrogen (secondary N) is 1. The Hall–Kier alpha value is -3.94. The molecular formula is C27H26F2N4O2. The average molecular weight is 477 g/mol. The fraction of sp³-hybridized carbons (Fsp3) is 0.259. The van der Waals surface area contributed by atoms with Gasteiger partial charge < -0.3 is 20.7 Å². The van der Waals surface area contributed by atoms with Crippen LogP contribution in [0.4, 0.5) is 20.3 Å². The smallest absolute Gasteiger partial charge is 0.251 e. The molecule has 5 rings (SSSR count). The molecule has 0 bridgehead atoms. The number of amides is 1. The lowest BCUT2D eigenvalue weighted by atomic mass is 9.93. The normalized spacial score (nSPS) is 15.4. The first kappa shape index (κ1) is 22.8. The molecule has 1 fully saturated rings. The number of carbonyl (C=O) groups excluding carboxylic acids is 1. The molecule has 2 aliphatic rings. The van der Waals surface area contributed by atoms with Gasteiger partial charge in [-0.15, -0.1) is 0 Å². The van der Waals surface area contributed by atoms with Crippen molar-refractivity contribution in [2.24, 2.45) is 0 Å². The standard InChI is InChI=1S/C27H26F2N4O2/c1-15(2)23-14-33(9-10-35-23)18-4-6-20(22(28)12-18)21-13-32-26(30)24(25(21)29)17-3-5-19-16(11-17)7-8-31-27(19)34/h3-6,11-13H,7-10,14H2,1-2H3,(H2,30,32)(H,31,34). The second-order valence-corrected chi connectivity index (χ2v) is 8.98. The van der Waals surface area contributed by atoms with Gasteiger partial charge >= 0.3 is 0 Å². The van der Waals surface area contributed by atoms with Crippen molar-refractivity contribution in [2.45, 2.75) is 20.3 Å². The molecule has 0 aliphatic carbocycles. The van der Waals surface area contributed by atoms with Crippen LogP contribution < -0.4 is 16.0 Å². The van der Waals surface area contributed by atoms with E-state index in [-0.39, 0.29) is 28.4 Å². The van der Waals surface area contributed by atoms with E-state index < -0.39 is 11.6 Å². The van der Waals surface area contributed by atoms with E-state index in [9.17, 15) is 4.79 Å². The topological polar surface area (TPSA) is 80.5 Å². The summed E-state index contributed by atoms with van der Waals surface area (Å²) in [6.45, 7) is 6.18. The van der Waals surface area contributed by atoms with Gasteiger partial charge in [0.15, 0.2) is 0 Å². The van der Waals surface area contributed by atoms with E-state index in [4.69, 9.17) is 10.5 Å². The van der Waals surface area contributed by atoms with Gasteiger partial charge in [-0.2, -0.15) is 0 Å². The first-order chi connectivity index (χ1) is 16.8. The highest BCUT2D eigenvalue weighted by Gasteiger charge is 2.23. The summed E-state index contributed by atoms with van der Waals surface area (Å²) in [4.78, 5) is 18.3. The van der Waals surface area contributed by atoms with Gasteiger partial charge in [-0.3, -0.25) is 4.79 Å². The number of benzene rings is 2. The summed E-state index contributed by atoms with van der Waals surface area (Å²) in [6, 6.07) is 9.81. The lowest BCUT2D eigenvalue weighted by Gasteiger charge is -2.31. The van der Waals surface area contributed by atoms with E-state index in [1.807, 2.05) is 18.7 Å². The van der Waals surface area contributed by atoms with Crippen LogP contribution in [0.25, 0.3) is 22.3 Å². The first-order valence-electron chi connectivity index (χ1n) is 11.5. The van der Waals surface area contributed by atoms with Crippen LogP contribution in [0.3, 0.4) is 0 Å². The number of allylic oxidation sites excluding steroid dienone is 1. The molecule has 180 valence electrons. The average Bonchev–Trinajstić information content (AvgIpc) is 2.85. The number of ether oxygens (including phenoxy) is 1. The molecule has 8 heteroatoms. The van der Waals surface area contributed by atoms with Gasteiger partial charge in [-0.1, -0.05) is 12.1 Å². The number of anilines is 2. The third-order valence-electron chi connectivity index (χ3n) is 6.50. The monoisotopic (exact) mass is 476 g/mol. The maximum atomic E-state index is 15.8. The van der Waals surface area contributed by atoms with Crippen molar-refractivity contribution < 1.29 is 18.3 Å². The summed E-state index contributed by atoms with van der Waals surface area (Å²) in [5.74, 6) is -0.473. The fourth-order valence-electron chi connectivity index (χ4n) is 4.57. The quantitative estimate of drug-likeness (QED) is 0.573. The van der Waals surface area contributed by atoms with Crippen LogP contribution >= 0.6 is 0 Å². The predicted octanol–water partition coefficient (Wildman–Crippen LogP) is 4.69. The van der Waals surface area contributed by atoms with E-state index in [0.29, 0.717) is 49.5 Å². The second kappa shape index (κ2) is 9.02. The van der Waals surface area contributed by atoms with Crippen LogP contribution in [0.2, 0.25) is 0 Å². The molecule has 3 aromatic rings. The van der Waals surface area contributed by atoms with Gasteiger partial charge in [0, 0.05) is 35.1 Å². The van der Waals surface area contributed by atoms with Crippen LogP contribution in [0.1, 0.15) is 29.8 Å². The molecular weight excluding hydrogens is 450 g/mol. The predicted molar refractivity (Wildman–Crippen MR) is 132 cm³/mol. The van der Waals surface area contributed by atoms with Crippen molar-refractivity contribution in [3.63, 3.8) is 0 Å². The number of carbonyl (C=O) groups is 1. The van der Waals surface area contributed by atoms with Crippen molar-refractivity contribution in [3.05, 3.63) is 76.7 Å². The Morgan fingerprint density at radius 3 is 2.69 bits per heavy atom. The van der Waals surface area contributed by atoms with E-state index in [2.05, 4.69) is 10.3 Å². The molecule has 0 saturated carbocycles. The zero-order chi connectivity index (χ0) is 24.7. The van der Waals surface area contributed by atoms with Gasteiger partial charge in [-0.25, -0.2) is 13.8 Å². The minimum Gasteiger partial charge on any atom is -0.494 e. The number of fused-ring (bicyclic) bond motifs is 1. The van der Waals surface area contributed by atoms with Gasteiger partial charge in [-0.05, 0) is 61.2 Å². The third-order valence-corrected chi connectivity index (χ3v) is 6.50. The Labute approximate surface area is 202 Å². The number of aromatic nitrogens is 1. The first-order valence-corrected chi connectivity index (χ1v) is 11.5.